The van der Waals surface area contributed by atoms with Gasteiger partial charge in [0.2, 0.25) is 0 Å². The normalized spacial score (nSPS) is 9.21. The lowest BCUT2D eigenvalue weighted by Gasteiger charge is -2.06. The Morgan fingerprint density at radius 2 is 2.16 bits per heavy atom. The number of nitriles is 2. The molecule has 1 heterocycles. The third-order valence-corrected chi connectivity index (χ3v) is 2.54. The highest BCUT2D eigenvalue weighted by atomic mass is 35.5. The molecule has 0 aliphatic rings. The van der Waals surface area contributed by atoms with Gasteiger partial charge < -0.3 is 5.32 Å². The first kappa shape index (κ1) is 12.6. The van der Waals surface area contributed by atoms with Gasteiger partial charge in [-0.2, -0.15) is 15.6 Å². The smallest absolute Gasteiger partial charge is 0.145 e. The first-order valence-corrected chi connectivity index (χ1v) is 5.54. The minimum atomic E-state index is -0.0172. The summed E-state index contributed by atoms with van der Waals surface area (Å²) >= 11 is 6.12. The zero-order valence-electron chi connectivity index (χ0n) is 9.58. The maximum atomic E-state index is 8.60. The van der Waals surface area contributed by atoms with E-state index < -0.39 is 0 Å². The van der Waals surface area contributed by atoms with Crippen LogP contribution in [0.4, 0.5) is 5.69 Å². The Morgan fingerprint density at radius 1 is 1.37 bits per heavy atom. The molecular weight excluding hydrogens is 264 g/mol. The SMILES string of the molecule is N#CC(C#N)=CNc1ccc(-n2cncn2)c(Cl)c1. The van der Waals surface area contributed by atoms with Crippen molar-refractivity contribution in [2.45, 2.75) is 0 Å². The van der Waals surface area contributed by atoms with Gasteiger partial charge in [0.15, 0.2) is 0 Å². The molecule has 0 spiro atoms. The second kappa shape index (κ2) is 5.67. The summed E-state index contributed by atoms with van der Waals surface area (Å²) in [6, 6.07) is 8.68. The van der Waals surface area contributed by atoms with Crippen molar-refractivity contribution >= 4 is 17.3 Å². The number of anilines is 1. The van der Waals surface area contributed by atoms with Crippen LogP contribution < -0.4 is 5.32 Å². The first-order chi connectivity index (χ1) is 9.24. The molecular formula is C12H7ClN6. The van der Waals surface area contributed by atoms with Crippen LogP contribution in [0.25, 0.3) is 5.69 Å². The van der Waals surface area contributed by atoms with Gasteiger partial charge in [-0.05, 0) is 18.2 Å². The molecule has 0 unspecified atom stereocenters. The Kier molecular flexibility index (Phi) is 3.77. The van der Waals surface area contributed by atoms with Crippen molar-refractivity contribution in [2.75, 3.05) is 5.32 Å². The van der Waals surface area contributed by atoms with Gasteiger partial charge in [0.05, 0.1) is 10.7 Å². The number of nitrogens with zero attached hydrogens (tertiary/aromatic N) is 5. The summed E-state index contributed by atoms with van der Waals surface area (Å²) in [5.74, 6) is 0. The van der Waals surface area contributed by atoms with Crippen LogP contribution in [0, 0.1) is 22.7 Å². The number of allylic oxidation sites excluding steroid dienone is 1. The van der Waals surface area contributed by atoms with E-state index in [1.807, 2.05) is 0 Å². The minimum Gasteiger partial charge on any atom is -0.360 e. The summed E-state index contributed by atoms with van der Waals surface area (Å²) in [5, 5.41) is 24.5. The molecule has 0 amide bonds. The van der Waals surface area contributed by atoms with Gasteiger partial charge in [0, 0.05) is 11.9 Å². The molecule has 6 nitrogen and oxygen atoms in total. The van der Waals surface area contributed by atoms with E-state index in [0.29, 0.717) is 16.4 Å². The fourth-order valence-corrected chi connectivity index (χ4v) is 1.63. The summed E-state index contributed by atoms with van der Waals surface area (Å²) in [6.45, 7) is 0. The van der Waals surface area contributed by atoms with Crippen LogP contribution >= 0.6 is 11.6 Å². The number of rotatable bonds is 3. The monoisotopic (exact) mass is 270 g/mol. The second-order valence-electron chi connectivity index (χ2n) is 3.43. The van der Waals surface area contributed by atoms with Crippen LogP contribution in [0.5, 0.6) is 0 Å². The molecule has 0 aliphatic carbocycles. The number of hydrogen-bond donors (Lipinski definition) is 1. The van der Waals surface area contributed by atoms with Crippen LogP contribution in [0.15, 0.2) is 42.6 Å². The highest BCUT2D eigenvalue weighted by molar-refractivity contribution is 6.32. The summed E-state index contributed by atoms with van der Waals surface area (Å²) < 4.78 is 1.54. The maximum Gasteiger partial charge on any atom is 0.145 e. The Hall–Kier alpha value is -2.83. The fraction of sp³-hybridized carbons (Fsp3) is 0. The van der Waals surface area contributed by atoms with Crippen molar-refractivity contribution in [3.63, 3.8) is 0 Å². The highest BCUT2D eigenvalue weighted by Crippen LogP contribution is 2.23. The van der Waals surface area contributed by atoms with Gasteiger partial charge >= 0.3 is 0 Å². The molecule has 2 rings (SSSR count). The van der Waals surface area contributed by atoms with Crippen LogP contribution in [-0.2, 0) is 0 Å². The van der Waals surface area contributed by atoms with E-state index in [2.05, 4.69) is 15.4 Å². The molecule has 1 N–H and O–H groups in total. The van der Waals surface area contributed by atoms with Crippen molar-refractivity contribution in [3.05, 3.63) is 47.6 Å². The second-order valence-corrected chi connectivity index (χ2v) is 3.84. The third kappa shape index (κ3) is 2.89. The first-order valence-electron chi connectivity index (χ1n) is 5.16. The van der Waals surface area contributed by atoms with Gasteiger partial charge in [0.1, 0.15) is 30.4 Å². The lowest BCUT2D eigenvalue weighted by atomic mass is 10.2. The van der Waals surface area contributed by atoms with Crippen molar-refractivity contribution in [3.8, 4) is 17.8 Å². The van der Waals surface area contributed by atoms with E-state index in [0.717, 1.165) is 0 Å². The number of nitrogens with one attached hydrogen (secondary N) is 1. The standard InChI is InChI=1S/C12H7ClN6/c13-11-3-10(17-6-9(4-14)5-15)1-2-12(11)19-8-16-7-18-19/h1-3,6-8,17H. The van der Waals surface area contributed by atoms with Crippen molar-refractivity contribution in [1.82, 2.24) is 14.8 Å². The van der Waals surface area contributed by atoms with E-state index >= 15 is 0 Å². The zero-order valence-corrected chi connectivity index (χ0v) is 10.3. The number of aromatic nitrogens is 3. The van der Waals surface area contributed by atoms with E-state index in [1.54, 1.807) is 30.3 Å². The molecule has 2 aromatic rings. The predicted molar refractivity (Wildman–Crippen MR) is 69.3 cm³/mol. The number of halogens is 1. The molecule has 0 aliphatic heterocycles. The molecule has 19 heavy (non-hydrogen) atoms. The zero-order chi connectivity index (χ0) is 13.7. The fourth-order valence-electron chi connectivity index (χ4n) is 1.36. The van der Waals surface area contributed by atoms with Gasteiger partial charge in [-0.1, -0.05) is 11.6 Å². The van der Waals surface area contributed by atoms with E-state index in [4.69, 9.17) is 22.1 Å². The Bertz CT molecular complexity index is 674. The summed E-state index contributed by atoms with van der Waals surface area (Å²) in [7, 11) is 0. The molecule has 0 fully saturated rings. The molecule has 0 radical (unpaired) electrons. The molecule has 1 aromatic heterocycles. The molecule has 0 saturated carbocycles. The number of benzene rings is 1. The molecule has 0 atom stereocenters. The van der Waals surface area contributed by atoms with E-state index in [9.17, 15) is 0 Å². The van der Waals surface area contributed by atoms with E-state index in [1.165, 1.54) is 23.5 Å². The lowest BCUT2D eigenvalue weighted by molar-refractivity contribution is 0.879. The molecule has 7 heteroatoms. The Labute approximate surface area is 114 Å². The van der Waals surface area contributed by atoms with Gasteiger partial charge in [-0.15, -0.1) is 0 Å². The lowest BCUT2D eigenvalue weighted by Crippen LogP contribution is -1.97. The predicted octanol–water partition coefficient (Wildman–Crippen LogP) is 2.26. The van der Waals surface area contributed by atoms with Crippen LogP contribution in [-0.4, -0.2) is 14.8 Å². The summed E-state index contributed by atoms with van der Waals surface area (Å²) in [6.07, 6.45) is 4.27. The molecule has 1 aromatic carbocycles. The summed E-state index contributed by atoms with van der Waals surface area (Å²) in [5.41, 5.74) is 1.34. The van der Waals surface area contributed by atoms with Crippen molar-refractivity contribution < 1.29 is 0 Å². The summed E-state index contributed by atoms with van der Waals surface area (Å²) in [4.78, 5) is 3.84. The van der Waals surface area contributed by atoms with Crippen LogP contribution in [0.3, 0.4) is 0 Å². The van der Waals surface area contributed by atoms with Crippen molar-refractivity contribution in [1.29, 1.82) is 10.5 Å². The van der Waals surface area contributed by atoms with Gasteiger partial charge in [0.25, 0.3) is 0 Å². The van der Waals surface area contributed by atoms with Crippen LogP contribution in [0.1, 0.15) is 0 Å². The minimum absolute atomic E-state index is 0.0172. The number of hydrogen-bond acceptors (Lipinski definition) is 5. The average molecular weight is 271 g/mol. The largest absolute Gasteiger partial charge is 0.360 e. The van der Waals surface area contributed by atoms with Gasteiger partial charge in [-0.3, -0.25) is 0 Å². The van der Waals surface area contributed by atoms with Crippen molar-refractivity contribution in [2.24, 2.45) is 0 Å². The Morgan fingerprint density at radius 3 is 2.74 bits per heavy atom. The molecule has 0 saturated heterocycles. The van der Waals surface area contributed by atoms with E-state index in [-0.39, 0.29) is 5.57 Å². The molecule has 92 valence electrons. The third-order valence-electron chi connectivity index (χ3n) is 2.24. The Balaban J connectivity index is 2.24. The van der Waals surface area contributed by atoms with Gasteiger partial charge in [-0.25, -0.2) is 9.67 Å². The molecule has 0 bridgehead atoms. The quantitative estimate of drug-likeness (QED) is 0.864. The maximum absolute atomic E-state index is 8.60. The topological polar surface area (TPSA) is 90.3 Å². The average Bonchev–Trinajstić information content (AvgIpc) is 2.94. The van der Waals surface area contributed by atoms with Crippen LogP contribution in [0.2, 0.25) is 5.02 Å². The highest BCUT2D eigenvalue weighted by Gasteiger charge is 2.04.